The van der Waals surface area contributed by atoms with Crippen LogP contribution in [0.1, 0.15) is 10.5 Å². The number of hydrogen-bond acceptors (Lipinski definition) is 3. The molecule has 0 bridgehead atoms. The lowest BCUT2D eigenvalue weighted by molar-refractivity contribution is 0.0692. The van der Waals surface area contributed by atoms with Gasteiger partial charge in [-0.15, -0.1) is 0 Å². The van der Waals surface area contributed by atoms with Crippen molar-refractivity contribution in [2.24, 2.45) is 0 Å². The molecule has 0 aliphatic carbocycles. The molecule has 24 heavy (non-hydrogen) atoms. The van der Waals surface area contributed by atoms with Gasteiger partial charge in [0, 0.05) is 32.4 Å². The first-order chi connectivity index (χ1) is 11.4. The Labute approximate surface area is 143 Å². The molecular weight excluding hydrogens is 357 g/mol. The molecule has 1 fully saturated rings. The van der Waals surface area contributed by atoms with Crippen molar-refractivity contribution in [3.63, 3.8) is 0 Å². The summed E-state index contributed by atoms with van der Waals surface area (Å²) < 4.78 is 39.6. The van der Waals surface area contributed by atoms with E-state index in [9.17, 15) is 17.6 Å². The van der Waals surface area contributed by atoms with Crippen LogP contribution < -0.4 is 0 Å². The molecule has 0 saturated carbocycles. The van der Waals surface area contributed by atoms with Crippen LogP contribution in [0.5, 0.6) is 0 Å². The molecule has 0 unspecified atom stereocenters. The summed E-state index contributed by atoms with van der Waals surface area (Å²) in [4.78, 5) is 16.6. The van der Waals surface area contributed by atoms with Crippen molar-refractivity contribution in [1.82, 2.24) is 14.2 Å². The van der Waals surface area contributed by atoms with Crippen LogP contribution in [0.15, 0.2) is 41.4 Å². The second-order valence-corrected chi connectivity index (χ2v) is 7.76. The highest BCUT2D eigenvalue weighted by Gasteiger charge is 2.30. The van der Waals surface area contributed by atoms with E-state index in [1.54, 1.807) is 4.90 Å². The summed E-state index contributed by atoms with van der Waals surface area (Å²) in [6.45, 7) is 0.812. The summed E-state index contributed by atoms with van der Waals surface area (Å²) in [5.41, 5.74) is 0.362. The van der Waals surface area contributed by atoms with Gasteiger partial charge in [-0.2, -0.15) is 4.31 Å². The Morgan fingerprint density at radius 2 is 1.88 bits per heavy atom. The second-order valence-electron chi connectivity index (χ2n) is 5.39. The molecule has 0 atom stereocenters. The number of aromatic nitrogens is 1. The van der Waals surface area contributed by atoms with Gasteiger partial charge in [-0.05, 0) is 24.3 Å². The number of piperazine rings is 1. The molecule has 1 aliphatic heterocycles. The number of sulfonamides is 1. The normalized spacial score (nSPS) is 16.3. The van der Waals surface area contributed by atoms with E-state index < -0.39 is 15.8 Å². The van der Waals surface area contributed by atoms with Gasteiger partial charge in [-0.1, -0.05) is 17.7 Å². The zero-order chi connectivity index (χ0) is 17.3. The number of amides is 1. The quantitative estimate of drug-likeness (QED) is 0.896. The molecule has 128 valence electrons. The van der Waals surface area contributed by atoms with Gasteiger partial charge in [-0.3, -0.25) is 4.79 Å². The molecular formula is C15H15ClFN3O3S. The van der Waals surface area contributed by atoms with E-state index in [1.807, 2.05) is 0 Å². The number of H-pyrrole nitrogens is 1. The second kappa shape index (κ2) is 6.54. The summed E-state index contributed by atoms with van der Waals surface area (Å²) in [6, 6.07) is 6.43. The lowest BCUT2D eigenvalue weighted by Gasteiger charge is -2.33. The van der Waals surface area contributed by atoms with Crippen LogP contribution in [0.2, 0.25) is 5.02 Å². The van der Waals surface area contributed by atoms with Crippen molar-refractivity contribution in [2.45, 2.75) is 4.90 Å². The number of rotatable bonds is 3. The van der Waals surface area contributed by atoms with Crippen LogP contribution in [0.25, 0.3) is 0 Å². The zero-order valence-corrected chi connectivity index (χ0v) is 14.1. The summed E-state index contributed by atoms with van der Waals surface area (Å²) in [7, 11) is -3.77. The Balaban J connectivity index is 1.69. The number of aromatic amines is 1. The van der Waals surface area contributed by atoms with E-state index in [2.05, 4.69) is 4.98 Å². The minimum absolute atomic E-state index is 0.0848. The lowest BCUT2D eigenvalue weighted by Crippen LogP contribution is -2.50. The number of benzene rings is 1. The minimum atomic E-state index is -3.77. The van der Waals surface area contributed by atoms with Crippen LogP contribution >= 0.6 is 11.6 Å². The third kappa shape index (κ3) is 3.31. The highest BCUT2D eigenvalue weighted by molar-refractivity contribution is 7.89. The number of nitrogens with zero attached hydrogens (tertiary/aromatic N) is 2. The van der Waals surface area contributed by atoms with Gasteiger partial charge in [-0.25, -0.2) is 12.8 Å². The third-order valence-corrected chi connectivity index (χ3v) is 5.95. The largest absolute Gasteiger partial charge is 0.356 e. The van der Waals surface area contributed by atoms with Crippen LogP contribution in [0.4, 0.5) is 4.39 Å². The molecule has 3 rings (SSSR count). The maximum absolute atomic E-state index is 13.3. The fraction of sp³-hybridized carbons (Fsp3) is 0.267. The Kier molecular flexibility index (Phi) is 4.62. The van der Waals surface area contributed by atoms with Gasteiger partial charge in [0.2, 0.25) is 10.0 Å². The number of nitrogens with one attached hydrogen (secondary N) is 1. The third-order valence-electron chi connectivity index (χ3n) is 3.84. The maximum atomic E-state index is 13.3. The SMILES string of the molecule is O=C(c1cc(Cl)c[nH]1)N1CCN(S(=O)(=O)c2cccc(F)c2)CC1. The number of hydrogen-bond donors (Lipinski definition) is 1. The fourth-order valence-corrected chi connectivity index (χ4v) is 4.19. The van der Waals surface area contributed by atoms with Crippen molar-refractivity contribution in [1.29, 1.82) is 0 Å². The van der Waals surface area contributed by atoms with Gasteiger partial charge < -0.3 is 9.88 Å². The molecule has 2 heterocycles. The highest BCUT2D eigenvalue weighted by atomic mass is 35.5. The van der Waals surface area contributed by atoms with Crippen molar-refractivity contribution >= 4 is 27.5 Å². The number of carbonyl (C=O) groups is 1. The number of halogens is 2. The molecule has 1 saturated heterocycles. The Hall–Kier alpha value is -1.90. The first kappa shape index (κ1) is 16.9. The fourth-order valence-electron chi connectivity index (χ4n) is 2.57. The lowest BCUT2D eigenvalue weighted by atomic mass is 10.3. The van der Waals surface area contributed by atoms with Crippen molar-refractivity contribution in [3.8, 4) is 0 Å². The highest BCUT2D eigenvalue weighted by Crippen LogP contribution is 2.19. The van der Waals surface area contributed by atoms with Crippen LogP contribution in [0.3, 0.4) is 0 Å². The van der Waals surface area contributed by atoms with E-state index in [0.717, 1.165) is 6.07 Å². The molecule has 1 N–H and O–H groups in total. The van der Waals surface area contributed by atoms with Gasteiger partial charge in [0.25, 0.3) is 5.91 Å². The molecule has 0 spiro atoms. The molecule has 6 nitrogen and oxygen atoms in total. The van der Waals surface area contributed by atoms with E-state index in [-0.39, 0.29) is 37.0 Å². The molecule has 1 amide bonds. The van der Waals surface area contributed by atoms with E-state index >= 15 is 0 Å². The standard InChI is InChI=1S/C15H15ClFN3O3S/c16-11-8-14(18-10-11)15(21)19-4-6-20(7-5-19)24(22,23)13-3-1-2-12(17)9-13/h1-3,8-10,18H,4-7H2. The smallest absolute Gasteiger partial charge is 0.270 e. The predicted octanol–water partition coefficient (Wildman–Crippen LogP) is 1.95. The Morgan fingerprint density at radius 3 is 2.46 bits per heavy atom. The van der Waals surface area contributed by atoms with Gasteiger partial charge in [0.15, 0.2) is 0 Å². The maximum Gasteiger partial charge on any atom is 0.270 e. The van der Waals surface area contributed by atoms with Gasteiger partial charge >= 0.3 is 0 Å². The number of carbonyl (C=O) groups excluding carboxylic acids is 1. The summed E-state index contributed by atoms with van der Waals surface area (Å²) in [5, 5.41) is 0.436. The minimum Gasteiger partial charge on any atom is -0.356 e. The molecule has 0 radical (unpaired) electrons. The first-order valence-corrected chi connectivity index (χ1v) is 9.08. The monoisotopic (exact) mass is 371 g/mol. The summed E-state index contributed by atoms with van der Waals surface area (Å²) in [6.07, 6.45) is 1.51. The molecule has 2 aromatic rings. The summed E-state index contributed by atoms with van der Waals surface area (Å²) >= 11 is 5.79. The molecule has 1 aromatic carbocycles. The Bertz CT molecular complexity index is 860. The average Bonchev–Trinajstić information content (AvgIpc) is 3.01. The Morgan fingerprint density at radius 1 is 1.17 bits per heavy atom. The van der Waals surface area contributed by atoms with Crippen molar-refractivity contribution in [2.75, 3.05) is 26.2 Å². The zero-order valence-electron chi connectivity index (χ0n) is 12.6. The topological polar surface area (TPSA) is 73.5 Å². The molecule has 1 aromatic heterocycles. The summed E-state index contributed by atoms with van der Waals surface area (Å²) in [5.74, 6) is -0.835. The van der Waals surface area contributed by atoms with Crippen LogP contribution in [-0.2, 0) is 10.0 Å². The van der Waals surface area contributed by atoms with Gasteiger partial charge in [0.05, 0.1) is 9.92 Å². The van der Waals surface area contributed by atoms with Crippen molar-refractivity contribution < 1.29 is 17.6 Å². The first-order valence-electron chi connectivity index (χ1n) is 7.27. The van der Waals surface area contributed by atoms with E-state index in [0.29, 0.717) is 10.7 Å². The van der Waals surface area contributed by atoms with Crippen LogP contribution in [0, 0.1) is 5.82 Å². The predicted molar refractivity (Wildman–Crippen MR) is 86.9 cm³/mol. The molecule has 9 heteroatoms. The van der Waals surface area contributed by atoms with E-state index in [1.165, 1.54) is 34.8 Å². The van der Waals surface area contributed by atoms with Gasteiger partial charge in [0.1, 0.15) is 11.5 Å². The van der Waals surface area contributed by atoms with E-state index in [4.69, 9.17) is 11.6 Å². The average molecular weight is 372 g/mol. The molecule has 1 aliphatic rings. The van der Waals surface area contributed by atoms with Crippen LogP contribution in [-0.4, -0.2) is 54.7 Å². The van der Waals surface area contributed by atoms with Crippen molar-refractivity contribution in [3.05, 3.63) is 53.1 Å².